The third kappa shape index (κ3) is 2.92. The monoisotopic (exact) mass is 249 g/mol. The fourth-order valence-corrected chi connectivity index (χ4v) is 1.97. The van der Waals surface area contributed by atoms with Crippen molar-refractivity contribution in [3.63, 3.8) is 0 Å². The second-order valence-corrected chi connectivity index (χ2v) is 4.27. The lowest BCUT2D eigenvalue weighted by Crippen LogP contribution is -2.36. The van der Waals surface area contributed by atoms with Crippen molar-refractivity contribution >= 4 is 23.0 Å². The highest BCUT2D eigenvalue weighted by Gasteiger charge is 2.14. The molecule has 1 heterocycles. The Balaban J connectivity index is 2.11. The summed E-state index contributed by atoms with van der Waals surface area (Å²) in [7, 11) is 0. The van der Waals surface area contributed by atoms with Crippen molar-refractivity contribution in [2.45, 2.75) is 13.3 Å². The molecular weight excluding hydrogens is 230 g/mol. The third-order valence-corrected chi connectivity index (χ3v) is 2.98. The summed E-state index contributed by atoms with van der Waals surface area (Å²) in [6, 6.07) is 5.64. The van der Waals surface area contributed by atoms with Gasteiger partial charge in [0.25, 0.3) is 0 Å². The molecule has 3 N–H and O–H groups in total. The van der Waals surface area contributed by atoms with Gasteiger partial charge in [-0.15, -0.1) is 0 Å². The molecule has 1 saturated heterocycles. The van der Waals surface area contributed by atoms with Gasteiger partial charge in [0.1, 0.15) is 0 Å². The number of nitrogens with zero attached hydrogens (tertiary/aromatic N) is 1. The lowest BCUT2D eigenvalue weighted by Gasteiger charge is -2.30. The van der Waals surface area contributed by atoms with Gasteiger partial charge in [-0.3, -0.25) is 4.79 Å². The van der Waals surface area contributed by atoms with Crippen LogP contribution < -0.4 is 16.0 Å². The molecule has 5 nitrogen and oxygen atoms in total. The molecule has 0 bridgehead atoms. The Bertz CT molecular complexity index is 428. The third-order valence-electron chi connectivity index (χ3n) is 2.98. The molecule has 1 fully saturated rings. The van der Waals surface area contributed by atoms with Gasteiger partial charge in [-0.25, -0.2) is 0 Å². The number of nitrogen functional groups attached to an aromatic ring is 1. The zero-order chi connectivity index (χ0) is 13.0. The molecule has 0 radical (unpaired) electrons. The Labute approximate surface area is 107 Å². The van der Waals surface area contributed by atoms with Crippen molar-refractivity contribution in [2.75, 3.05) is 42.3 Å². The van der Waals surface area contributed by atoms with Crippen LogP contribution in [0.1, 0.15) is 13.3 Å². The van der Waals surface area contributed by atoms with E-state index >= 15 is 0 Å². The van der Waals surface area contributed by atoms with Gasteiger partial charge in [-0.05, 0) is 18.2 Å². The van der Waals surface area contributed by atoms with Crippen LogP contribution in [-0.4, -0.2) is 32.2 Å². The first-order chi connectivity index (χ1) is 8.70. The molecule has 0 saturated carbocycles. The van der Waals surface area contributed by atoms with E-state index in [1.54, 1.807) is 6.07 Å². The quantitative estimate of drug-likeness (QED) is 0.796. The van der Waals surface area contributed by atoms with Crippen LogP contribution in [0.2, 0.25) is 0 Å². The zero-order valence-corrected chi connectivity index (χ0v) is 10.6. The molecule has 1 aliphatic heterocycles. The van der Waals surface area contributed by atoms with Gasteiger partial charge in [0.2, 0.25) is 5.91 Å². The standard InChI is InChI=1S/C13H19N3O2/c1-2-13(17)15-10-3-4-12(11(14)9-10)16-5-7-18-8-6-16/h3-4,9H,2,5-8,14H2,1H3,(H,15,17). The van der Waals surface area contributed by atoms with Crippen LogP contribution in [0.3, 0.4) is 0 Å². The molecule has 0 atom stereocenters. The summed E-state index contributed by atoms with van der Waals surface area (Å²) < 4.78 is 5.31. The molecule has 1 aromatic carbocycles. The minimum absolute atomic E-state index is 0.00600. The molecule has 1 amide bonds. The highest BCUT2D eigenvalue weighted by Crippen LogP contribution is 2.27. The van der Waals surface area contributed by atoms with Gasteiger partial charge in [-0.1, -0.05) is 6.92 Å². The number of carbonyl (C=O) groups excluding carboxylic acids is 1. The van der Waals surface area contributed by atoms with E-state index < -0.39 is 0 Å². The fraction of sp³-hybridized carbons (Fsp3) is 0.462. The number of nitrogens with one attached hydrogen (secondary N) is 1. The summed E-state index contributed by atoms with van der Waals surface area (Å²) in [6.07, 6.45) is 0.463. The van der Waals surface area contributed by atoms with E-state index in [1.807, 2.05) is 19.1 Å². The van der Waals surface area contributed by atoms with Crippen LogP contribution in [0.15, 0.2) is 18.2 Å². The largest absolute Gasteiger partial charge is 0.397 e. The van der Waals surface area contributed by atoms with Crippen molar-refractivity contribution in [1.82, 2.24) is 0 Å². The topological polar surface area (TPSA) is 67.6 Å². The zero-order valence-electron chi connectivity index (χ0n) is 10.6. The van der Waals surface area contributed by atoms with Crippen LogP contribution in [0, 0.1) is 0 Å². The van der Waals surface area contributed by atoms with Gasteiger partial charge < -0.3 is 20.7 Å². The van der Waals surface area contributed by atoms with Gasteiger partial charge in [-0.2, -0.15) is 0 Å². The van der Waals surface area contributed by atoms with Crippen LogP contribution >= 0.6 is 0 Å². The lowest BCUT2D eigenvalue weighted by atomic mass is 10.2. The Morgan fingerprint density at radius 1 is 1.44 bits per heavy atom. The highest BCUT2D eigenvalue weighted by atomic mass is 16.5. The van der Waals surface area contributed by atoms with Crippen LogP contribution in [0.4, 0.5) is 17.1 Å². The van der Waals surface area contributed by atoms with E-state index in [0.717, 1.165) is 37.7 Å². The Morgan fingerprint density at radius 3 is 2.78 bits per heavy atom. The summed E-state index contributed by atoms with van der Waals surface area (Å²) in [4.78, 5) is 13.5. The minimum atomic E-state index is -0.00600. The highest BCUT2D eigenvalue weighted by molar-refractivity contribution is 5.91. The van der Waals surface area contributed by atoms with E-state index in [-0.39, 0.29) is 5.91 Å². The fourth-order valence-electron chi connectivity index (χ4n) is 1.97. The maximum Gasteiger partial charge on any atom is 0.224 e. The van der Waals surface area contributed by atoms with E-state index in [9.17, 15) is 4.79 Å². The normalized spacial score (nSPS) is 15.5. The van der Waals surface area contributed by atoms with Crippen LogP contribution in [-0.2, 0) is 9.53 Å². The first kappa shape index (κ1) is 12.7. The molecule has 98 valence electrons. The summed E-state index contributed by atoms with van der Waals surface area (Å²) in [5.74, 6) is -0.00600. The molecule has 0 unspecified atom stereocenters. The van der Waals surface area contributed by atoms with Gasteiger partial charge in [0.15, 0.2) is 0 Å². The summed E-state index contributed by atoms with van der Waals surface area (Å²) in [6.45, 7) is 4.98. The summed E-state index contributed by atoms with van der Waals surface area (Å²) in [5, 5.41) is 2.80. The first-order valence-corrected chi connectivity index (χ1v) is 6.22. The van der Waals surface area contributed by atoms with Crippen molar-refractivity contribution in [2.24, 2.45) is 0 Å². The van der Waals surface area contributed by atoms with E-state index in [1.165, 1.54) is 0 Å². The Morgan fingerprint density at radius 2 is 2.17 bits per heavy atom. The predicted molar refractivity (Wildman–Crippen MR) is 72.8 cm³/mol. The summed E-state index contributed by atoms with van der Waals surface area (Å²) in [5.41, 5.74) is 8.48. The SMILES string of the molecule is CCC(=O)Nc1ccc(N2CCOCC2)c(N)c1. The Kier molecular flexibility index (Phi) is 4.04. The van der Waals surface area contributed by atoms with Gasteiger partial charge >= 0.3 is 0 Å². The number of amides is 1. The van der Waals surface area contributed by atoms with E-state index in [0.29, 0.717) is 12.1 Å². The molecule has 5 heteroatoms. The number of rotatable bonds is 3. The molecule has 0 aromatic heterocycles. The first-order valence-electron chi connectivity index (χ1n) is 6.22. The maximum atomic E-state index is 11.3. The number of ether oxygens (including phenoxy) is 1. The molecule has 1 aromatic rings. The lowest BCUT2D eigenvalue weighted by molar-refractivity contribution is -0.115. The van der Waals surface area contributed by atoms with Crippen LogP contribution in [0.5, 0.6) is 0 Å². The molecule has 18 heavy (non-hydrogen) atoms. The number of hydrogen-bond donors (Lipinski definition) is 2. The van der Waals surface area contributed by atoms with Crippen molar-refractivity contribution < 1.29 is 9.53 Å². The number of benzene rings is 1. The van der Waals surface area contributed by atoms with Crippen LogP contribution in [0.25, 0.3) is 0 Å². The number of nitrogens with two attached hydrogens (primary N) is 1. The second-order valence-electron chi connectivity index (χ2n) is 4.27. The van der Waals surface area contributed by atoms with Crippen molar-refractivity contribution in [3.8, 4) is 0 Å². The van der Waals surface area contributed by atoms with E-state index in [4.69, 9.17) is 10.5 Å². The average molecular weight is 249 g/mol. The molecule has 0 spiro atoms. The molecular formula is C13H19N3O2. The summed E-state index contributed by atoms with van der Waals surface area (Å²) >= 11 is 0. The van der Waals surface area contributed by atoms with Gasteiger partial charge in [0, 0.05) is 25.2 Å². The number of carbonyl (C=O) groups is 1. The maximum absolute atomic E-state index is 11.3. The van der Waals surface area contributed by atoms with Gasteiger partial charge in [0.05, 0.1) is 24.6 Å². The van der Waals surface area contributed by atoms with E-state index in [2.05, 4.69) is 10.2 Å². The molecule has 0 aliphatic carbocycles. The smallest absolute Gasteiger partial charge is 0.224 e. The second kappa shape index (κ2) is 5.73. The van der Waals surface area contributed by atoms with Crippen molar-refractivity contribution in [1.29, 1.82) is 0 Å². The minimum Gasteiger partial charge on any atom is -0.397 e. The number of anilines is 3. The number of morpholine rings is 1. The Hall–Kier alpha value is -1.75. The molecule has 2 rings (SSSR count). The average Bonchev–Trinajstić information content (AvgIpc) is 2.40. The van der Waals surface area contributed by atoms with Crippen molar-refractivity contribution in [3.05, 3.63) is 18.2 Å². The molecule has 1 aliphatic rings. The predicted octanol–water partition coefficient (Wildman–Crippen LogP) is 1.45. The number of hydrogen-bond acceptors (Lipinski definition) is 4.